The average molecular weight is 267 g/mol. The second kappa shape index (κ2) is 6.70. The molecular formula is C13H21N3O3. The Morgan fingerprint density at radius 2 is 2.26 bits per heavy atom. The quantitative estimate of drug-likeness (QED) is 0.751. The number of hydrogen-bond acceptors (Lipinski definition) is 4. The second-order valence-corrected chi connectivity index (χ2v) is 4.84. The Labute approximate surface area is 113 Å². The molecular weight excluding hydrogens is 246 g/mol. The second-order valence-electron chi connectivity index (χ2n) is 4.84. The molecule has 0 bridgehead atoms. The Morgan fingerprint density at radius 3 is 2.89 bits per heavy atom. The van der Waals surface area contributed by atoms with Crippen molar-refractivity contribution in [2.24, 2.45) is 7.05 Å². The number of rotatable bonds is 5. The van der Waals surface area contributed by atoms with Gasteiger partial charge in [0.15, 0.2) is 0 Å². The summed E-state index contributed by atoms with van der Waals surface area (Å²) in [6.45, 7) is 3.93. The third-order valence-corrected chi connectivity index (χ3v) is 3.17. The number of hydrogen-bond donors (Lipinski definition) is 2. The van der Waals surface area contributed by atoms with Crippen LogP contribution in [0, 0.1) is 0 Å². The summed E-state index contributed by atoms with van der Waals surface area (Å²) in [5, 5.41) is 12.6. The lowest BCUT2D eigenvalue weighted by Gasteiger charge is -2.28. The van der Waals surface area contributed by atoms with Gasteiger partial charge in [0.2, 0.25) is 0 Å². The Hall–Kier alpha value is -1.37. The van der Waals surface area contributed by atoms with Crippen molar-refractivity contribution in [2.45, 2.75) is 6.10 Å². The van der Waals surface area contributed by atoms with E-state index in [1.54, 1.807) is 12.3 Å². The molecule has 0 spiro atoms. The normalized spacial score (nSPS) is 18.2. The van der Waals surface area contributed by atoms with E-state index in [9.17, 15) is 9.90 Å². The molecule has 1 atom stereocenters. The fourth-order valence-corrected chi connectivity index (χ4v) is 2.10. The van der Waals surface area contributed by atoms with Crippen molar-refractivity contribution in [3.63, 3.8) is 0 Å². The van der Waals surface area contributed by atoms with Crippen LogP contribution in [0.1, 0.15) is 10.4 Å². The van der Waals surface area contributed by atoms with Gasteiger partial charge in [0.05, 0.1) is 24.9 Å². The van der Waals surface area contributed by atoms with Gasteiger partial charge in [-0.3, -0.25) is 9.69 Å². The van der Waals surface area contributed by atoms with Crippen molar-refractivity contribution in [2.75, 3.05) is 39.4 Å². The van der Waals surface area contributed by atoms with Crippen LogP contribution in [0.25, 0.3) is 0 Å². The van der Waals surface area contributed by atoms with Crippen LogP contribution in [0.5, 0.6) is 0 Å². The van der Waals surface area contributed by atoms with Crippen LogP contribution in [-0.4, -0.2) is 66.0 Å². The number of nitrogens with one attached hydrogen (secondary N) is 1. The summed E-state index contributed by atoms with van der Waals surface area (Å²) >= 11 is 0. The summed E-state index contributed by atoms with van der Waals surface area (Å²) < 4.78 is 7.06. The molecule has 1 aromatic heterocycles. The largest absolute Gasteiger partial charge is 0.390 e. The van der Waals surface area contributed by atoms with Crippen LogP contribution in [0.4, 0.5) is 0 Å². The molecule has 1 aromatic rings. The predicted octanol–water partition coefficient (Wildman–Crippen LogP) is -0.552. The molecule has 0 aliphatic carbocycles. The van der Waals surface area contributed by atoms with Gasteiger partial charge in [0, 0.05) is 45.6 Å². The van der Waals surface area contributed by atoms with E-state index in [2.05, 4.69) is 10.2 Å². The van der Waals surface area contributed by atoms with Crippen LogP contribution >= 0.6 is 0 Å². The van der Waals surface area contributed by atoms with Crippen molar-refractivity contribution in [1.82, 2.24) is 14.8 Å². The molecule has 2 heterocycles. The van der Waals surface area contributed by atoms with Crippen molar-refractivity contribution in [1.29, 1.82) is 0 Å². The number of aromatic nitrogens is 1. The summed E-state index contributed by atoms with van der Waals surface area (Å²) in [5.74, 6) is -0.151. The molecule has 0 radical (unpaired) electrons. The minimum Gasteiger partial charge on any atom is -0.390 e. The number of morpholine rings is 1. The highest BCUT2D eigenvalue weighted by Gasteiger charge is 2.15. The minimum atomic E-state index is -0.550. The molecule has 6 heteroatoms. The highest BCUT2D eigenvalue weighted by molar-refractivity contribution is 5.93. The Morgan fingerprint density at radius 1 is 1.53 bits per heavy atom. The number of β-amino-alcohol motifs (C(OH)–C–C–N with tert-alkyl or cyclic N) is 1. The molecule has 19 heavy (non-hydrogen) atoms. The van der Waals surface area contributed by atoms with E-state index in [4.69, 9.17) is 4.74 Å². The van der Waals surface area contributed by atoms with Crippen molar-refractivity contribution in [3.8, 4) is 0 Å². The number of ether oxygens (including phenoxy) is 1. The van der Waals surface area contributed by atoms with Crippen molar-refractivity contribution in [3.05, 3.63) is 24.0 Å². The number of carbonyl (C=O) groups is 1. The first-order valence-electron chi connectivity index (χ1n) is 6.53. The van der Waals surface area contributed by atoms with E-state index < -0.39 is 6.10 Å². The molecule has 1 fully saturated rings. The number of aryl methyl sites for hydroxylation is 1. The maximum absolute atomic E-state index is 11.8. The maximum atomic E-state index is 11.8. The molecule has 2 N–H and O–H groups in total. The smallest absolute Gasteiger partial charge is 0.252 e. The molecule has 0 saturated carbocycles. The Bertz CT molecular complexity index is 413. The number of aliphatic hydroxyl groups excluding tert-OH is 1. The Kier molecular flexibility index (Phi) is 4.95. The SMILES string of the molecule is Cn1ccc(C(=O)NCC(O)CN2CCOCC2)c1. The van der Waals surface area contributed by atoms with Gasteiger partial charge >= 0.3 is 0 Å². The van der Waals surface area contributed by atoms with Crippen LogP contribution in [0.15, 0.2) is 18.5 Å². The highest BCUT2D eigenvalue weighted by atomic mass is 16.5. The predicted molar refractivity (Wildman–Crippen MR) is 71.0 cm³/mol. The number of nitrogens with zero attached hydrogens (tertiary/aromatic N) is 2. The summed E-state index contributed by atoms with van der Waals surface area (Å²) in [5.41, 5.74) is 0.612. The summed E-state index contributed by atoms with van der Waals surface area (Å²) in [7, 11) is 1.87. The molecule has 2 rings (SSSR count). The molecule has 0 aromatic carbocycles. The van der Waals surface area contributed by atoms with Gasteiger partial charge in [0.1, 0.15) is 0 Å². The van der Waals surface area contributed by atoms with E-state index in [0.717, 1.165) is 13.1 Å². The van der Waals surface area contributed by atoms with Gasteiger partial charge in [-0.1, -0.05) is 0 Å². The monoisotopic (exact) mass is 267 g/mol. The molecule has 106 valence electrons. The lowest BCUT2D eigenvalue weighted by molar-refractivity contribution is 0.0149. The molecule has 1 saturated heterocycles. The molecule has 1 amide bonds. The third kappa shape index (κ3) is 4.34. The molecule has 1 aliphatic heterocycles. The zero-order valence-corrected chi connectivity index (χ0v) is 11.2. The summed E-state index contributed by atoms with van der Waals surface area (Å²) in [4.78, 5) is 13.9. The van der Waals surface area contributed by atoms with E-state index in [1.165, 1.54) is 0 Å². The first kappa shape index (κ1) is 14.0. The van der Waals surface area contributed by atoms with Gasteiger partial charge in [-0.05, 0) is 6.07 Å². The van der Waals surface area contributed by atoms with E-state index in [-0.39, 0.29) is 12.5 Å². The molecule has 1 unspecified atom stereocenters. The van der Waals surface area contributed by atoms with Gasteiger partial charge in [-0.25, -0.2) is 0 Å². The first-order valence-corrected chi connectivity index (χ1v) is 6.53. The van der Waals surface area contributed by atoms with Gasteiger partial charge in [0.25, 0.3) is 5.91 Å². The Balaban J connectivity index is 1.70. The van der Waals surface area contributed by atoms with Gasteiger partial charge in [-0.15, -0.1) is 0 Å². The van der Waals surface area contributed by atoms with E-state index in [1.807, 2.05) is 17.8 Å². The van der Waals surface area contributed by atoms with Crippen LogP contribution in [0.3, 0.4) is 0 Å². The topological polar surface area (TPSA) is 66.7 Å². The molecule has 1 aliphatic rings. The zero-order chi connectivity index (χ0) is 13.7. The average Bonchev–Trinajstić information content (AvgIpc) is 2.84. The summed E-state index contributed by atoms with van der Waals surface area (Å²) in [6, 6.07) is 1.75. The van der Waals surface area contributed by atoms with Gasteiger partial charge in [-0.2, -0.15) is 0 Å². The van der Waals surface area contributed by atoms with Crippen LogP contribution < -0.4 is 5.32 Å². The number of aliphatic hydroxyl groups is 1. The number of amides is 1. The van der Waals surface area contributed by atoms with Crippen LogP contribution in [-0.2, 0) is 11.8 Å². The lowest BCUT2D eigenvalue weighted by Crippen LogP contribution is -2.44. The lowest BCUT2D eigenvalue weighted by atomic mass is 10.2. The summed E-state index contributed by atoms with van der Waals surface area (Å²) in [6.07, 6.45) is 3.02. The van der Waals surface area contributed by atoms with E-state index >= 15 is 0 Å². The van der Waals surface area contributed by atoms with Gasteiger partial charge < -0.3 is 19.7 Å². The number of carbonyl (C=O) groups excluding carboxylic acids is 1. The fourth-order valence-electron chi connectivity index (χ4n) is 2.10. The fraction of sp³-hybridized carbons (Fsp3) is 0.615. The van der Waals surface area contributed by atoms with E-state index in [0.29, 0.717) is 25.3 Å². The zero-order valence-electron chi connectivity index (χ0n) is 11.2. The van der Waals surface area contributed by atoms with Crippen molar-refractivity contribution < 1.29 is 14.6 Å². The maximum Gasteiger partial charge on any atom is 0.252 e. The van der Waals surface area contributed by atoms with Crippen molar-refractivity contribution >= 4 is 5.91 Å². The van der Waals surface area contributed by atoms with Crippen LogP contribution in [0.2, 0.25) is 0 Å². The minimum absolute atomic E-state index is 0.151. The standard InChI is InChI=1S/C13H21N3O3/c1-15-3-2-11(9-15)13(18)14-8-12(17)10-16-4-6-19-7-5-16/h2-3,9,12,17H,4-8,10H2,1H3,(H,14,18). The molecule has 6 nitrogen and oxygen atoms in total. The first-order chi connectivity index (χ1) is 9.15. The highest BCUT2D eigenvalue weighted by Crippen LogP contribution is 2.00. The third-order valence-electron chi connectivity index (χ3n) is 3.17.